The fourth-order valence-electron chi connectivity index (χ4n) is 5.47. The number of benzene rings is 2. The molecule has 3 heterocycles. The first-order valence-corrected chi connectivity index (χ1v) is 12.9. The average Bonchev–Trinajstić information content (AvgIpc) is 3.31. The van der Waals surface area contributed by atoms with Crippen molar-refractivity contribution in [1.82, 2.24) is 9.80 Å². The summed E-state index contributed by atoms with van der Waals surface area (Å²) in [5.41, 5.74) is -0.606. The summed E-state index contributed by atoms with van der Waals surface area (Å²) >= 11 is -0.0587. The second-order valence-electron chi connectivity index (χ2n) is 9.27. The molecule has 2 atom stereocenters. The van der Waals surface area contributed by atoms with E-state index in [1.807, 2.05) is 12.1 Å². The van der Waals surface area contributed by atoms with Crippen LogP contribution in [0.15, 0.2) is 47.4 Å². The molecule has 2 fully saturated rings. The van der Waals surface area contributed by atoms with Gasteiger partial charge in [-0.05, 0) is 78.5 Å². The maximum Gasteiger partial charge on any atom is 0.446 e. The van der Waals surface area contributed by atoms with Gasteiger partial charge in [0, 0.05) is 43.0 Å². The van der Waals surface area contributed by atoms with Crippen LogP contribution in [0.5, 0.6) is 5.75 Å². The highest BCUT2D eigenvalue weighted by Crippen LogP contribution is 2.46. The Bertz CT molecular complexity index is 964. The second-order valence-corrected chi connectivity index (χ2v) is 10.4. The van der Waals surface area contributed by atoms with E-state index in [1.54, 1.807) is 12.1 Å². The van der Waals surface area contributed by atoms with Crippen LogP contribution in [0.3, 0.4) is 0 Å². The van der Waals surface area contributed by atoms with E-state index in [9.17, 15) is 13.2 Å². The van der Waals surface area contributed by atoms with Gasteiger partial charge in [-0.1, -0.05) is 18.2 Å². The van der Waals surface area contributed by atoms with Crippen LogP contribution in [0.4, 0.5) is 13.2 Å². The number of hydrogen-bond acceptors (Lipinski definition) is 5. The third kappa shape index (κ3) is 5.73. The van der Waals surface area contributed by atoms with E-state index in [0.29, 0.717) is 12.6 Å². The fourth-order valence-corrected chi connectivity index (χ4v) is 6.01. The normalized spacial score (nSPS) is 23.5. The van der Waals surface area contributed by atoms with E-state index in [2.05, 4.69) is 28.0 Å². The Hall–Kier alpha value is -1.74. The molecule has 184 valence electrons. The molecule has 2 saturated heterocycles. The minimum Gasteiger partial charge on any atom is -0.494 e. The minimum absolute atomic E-state index is 0.0587. The van der Waals surface area contributed by atoms with Gasteiger partial charge in [0.1, 0.15) is 5.75 Å². The maximum absolute atomic E-state index is 12.7. The van der Waals surface area contributed by atoms with Crippen LogP contribution in [-0.2, 0) is 4.74 Å². The highest BCUT2D eigenvalue weighted by atomic mass is 32.2. The Labute approximate surface area is 203 Å². The van der Waals surface area contributed by atoms with E-state index in [0.717, 1.165) is 70.1 Å². The highest BCUT2D eigenvalue weighted by Gasteiger charge is 2.37. The molecule has 0 saturated carbocycles. The number of nitrogens with zero attached hydrogens (tertiary/aromatic N) is 2. The number of hydrogen-bond donors (Lipinski definition) is 0. The summed E-state index contributed by atoms with van der Waals surface area (Å²) < 4.78 is 49.7. The molecule has 0 bridgehead atoms. The zero-order chi connectivity index (χ0) is 23.5. The van der Waals surface area contributed by atoms with E-state index in [4.69, 9.17) is 9.47 Å². The topological polar surface area (TPSA) is 24.9 Å². The van der Waals surface area contributed by atoms with Crippen molar-refractivity contribution < 1.29 is 22.6 Å². The molecule has 3 aliphatic heterocycles. The molecular weight excluding hydrogens is 461 g/mol. The Kier molecular flexibility index (Phi) is 7.39. The molecule has 0 aliphatic carbocycles. The van der Waals surface area contributed by atoms with Crippen LogP contribution < -0.4 is 4.74 Å². The maximum atomic E-state index is 12.7. The Morgan fingerprint density at radius 2 is 1.79 bits per heavy atom. The molecular formula is C26H31F3N2O2S. The van der Waals surface area contributed by atoms with Gasteiger partial charge < -0.3 is 9.47 Å². The van der Waals surface area contributed by atoms with Crippen LogP contribution in [0.25, 0.3) is 0 Å². The smallest absolute Gasteiger partial charge is 0.446 e. The van der Waals surface area contributed by atoms with Crippen molar-refractivity contribution in [3.05, 3.63) is 59.2 Å². The zero-order valence-corrected chi connectivity index (χ0v) is 20.0. The van der Waals surface area contributed by atoms with E-state index in [1.165, 1.54) is 17.5 Å². The second kappa shape index (κ2) is 10.5. The van der Waals surface area contributed by atoms with Gasteiger partial charge in [0.2, 0.25) is 0 Å². The van der Waals surface area contributed by atoms with Gasteiger partial charge >= 0.3 is 5.51 Å². The molecule has 0 N–H and O–H groups in total. The Morgan fingerprint density at radius 3 is 2.56 bits per heavy atom. The first kappa shape index (κ1) is 24.0. The van der Waals surface area contributed by atoms with Crippen LogP contribution in [0.1, 0.15) is 47.9 Å². The van der Waals surface area contributed by atoms with Crippen LogP contribution in [0, 0.1) is 0 Å². The number of thioether (sulfide) groups is 1. The van der Waals surface area contributed by atoms with Gasteiger partial charge in [-0.3, -0.25) is 9.80 Å². The number of rotatable bonds is 7. The molecule has 4 nitrogen and oxygen atoms in total. The summed E-state index contributed by atoms with van der Waals surface area (Å²) in [6, 6.07) is 13.7. The summed E-state index contributed by atoms with van der Waals surface area (Å²) in [6.45, 7) is 7.29. The SMILES string of the molecule is FC(F)(F)Sc1ccc([C@H]2CN3CCC[C@H]3c3cc(OCCCN4CCOCC4)ccc32)cc1. The quantitative estimate of drug-likeness (QED) is 0.366. The molecule has 0 unspecified atom stereocenters. The first-order chi connectivity index (χ1) is 16.5. The molecule has 8 heteroatoms. The number of fused-ring (bicyclic) bond motifs is 3. The Morgan fingerprint density at radius 1 is 1.00 bits per heavy atom. The van der Waals surface area contributed by atoms with Gasteiger partial charge in [-0.15, -0.1) is 0 Å². The fraction of sp³-hybridized carbons (Fsp3) is 0.538. The summed E-state index contributed by atoms with van der Waals surface area (Å²) in [5.74, 6) is 1.06. The number of ether oxygens (including phenoxy) is 2. The predicted octanol–water partition coefficient (Wildman–Crippen LogP) is 5.68. The molecule has 5 rings (SSSR count). The zero-order valence-electron chi connectivity index (χ0n) is 19.2. The van der Waals surface area contributed by atoms with E-state index < -0.39 is 5.51 Å². The van der Waals surface area contributed by atoms with Crippen molar-refractivity contribution in [2.45, 2.75) is 41.6 Å². The minimum atomic E-state index is -4.26. The monoisotopic (exact) mass is 492 g/mol. The van der Waals surface area contributed by atoms with Crippen molar-refractivity contribution >= 4 is 11.8 Å². The molecule has 0 radical (unpaired) electrons. The molecule has 3 aliphatic rings. The average molecular weight is 493 g/mol. The molecule has 2 aromatic rings. The summed E-state index contributed by atoms with van der Waals surface area (Å²) in [5, 5.41) is 0. The van der Waals surface area contributed by atoms with Crippen molar-refractivity contribution in [3.8, 4) is 5.75 Å². The van der Waals surface area contributed by atoms with Gasteiger partial charge in [-0.2, -0.15) is 13.2 Å². The lowest BCUT2D eigenvalue weighted by Gasteiger charge is -2.37. The molecule has 0 amide bonds. The third-order valence-corrected chi connectivity index (χ3v) is 7.82. The summed E-state index contributed by atoms with van der Waals surface area (Å²) in [4.78, 5) is 5.17. The van der Waals surface area contributed by atoms with Gasteiger partial charge in [0.05, 0.1) is 19.8 Å². The Balaban J connectivity index is 1.28. The summed E-state index contributed by atoms with van der Waals surface area (Å²) in [6.07, 6.45) is 3.29. The first-order valence-electron chi connectivity index (χ1n) is 12.1. The molecule has 0 spiro atoms. The third-order valence-electron chi connectivity index (χ3n) is 7.08. The highest BCUT2D eigenvalue weighted by molar-refractivity contribution is 8.00. The van der Waals surface area contributed by atoms with Crippen LogP contribution in [0.2, 0.25) is 0 Å². The van der Waals surface area contributed by atoms with Gasteiger partial charge in [-0.25, -0.2) is 0 Å². The van der Waals surface area contributed by atoms with E-state index >= 15 is 0 Å². The lowest BCUT2D eigenvalue weighted by molar-refractivity contribution is -0.0328. The van der Waals surface area contributed by atoms with Crippen molar-refractivity contribution in [2.75, 3.05) is 52.5 Å². The van der Waals surface area contributed by atoms with E-state index in [-0.39, 0.29) is 22.6 Å². The predicted molar refractivity (Wildman–Crippen MR) is 128 cm³/mol. The lowest BCUT2D eigenvalue weighted by Crippen LogP contribution is -2.37. The molecule has 34 heavy (non-hydrogen) atoms. The van der Waals surface area contributed by atoms with Gasteiger partial charge in [0.25, 0.3) is 0 Å². The standard InChI is InChI=1S/C26H31F3N2O2S/c27-26(28,29)34-21-7-4-19(5-8-21)24-18-31-11-1-3-25(31)23-17-20(6-9-22(23)24)33-14-2-10-30-12-15-32-16-13-30/h4-9,17,24-25H,1-3,10-16,18H2/t24-,25+/m1/s1. The molecule has 0 aromatic heterocycles. The number of alkyl halides is 3. The van der Waals surface area contributed by atoms with Crippen molar-refractivity contribution in [3.63, 3.8) is 0 Å². The lowest BCUT2D eigenvalue weighted by atomic mass is 9.81. The van der Waals surface area contributed by atoms with Crippen molar-refractivity contribution in [2.24, 2.45) is 0 Å². The van der Waals surface area contributed by atoms with Crippen LogP contribution >= 0.6 is 11.8 Å². The largest absolute Gasteiger partial charge is 0.494 e. The van der Waals surface area contributed by atoms with Crippen molar-refractivity contribution in [1.29, 1.82) is 0 Å². The summed E-state index contributed by atoms with van der Waals surface area (Å²) in [7, 11) is 0. The number of morpholine rings is 1. The van der Waals surface area contributed by atoms with Crippen LogP contribution in [-0.4, -0.2) is 67.9 Å². The van der Waals surface area contributed by atoms with Gasteiger partial charge in [0.15, 0.2) is 0 Å². The number of halogens is 3. The molecule has 2 aromatic carbocycles.